The average Bonchev–Trinajstić information content (AvgIpc) is 2.58. The highest BCUT2D eigenvalue weighted by Crippen LogP contribution is 2.38. The number of allylic oxidation sites excluding steroid dienone is 2. The normalized spacial score (nSPS) is 22.9. The lowest BCUT2D eigenvalue weighted by atomic mass is 9.72. The molecular weight excluding hydrogens is 285 g/mol. The van der Waals surface area contributed by atoms with Crippen LogP contribution in [0.1, 0.15) is 59.3 Å². The topological polar surface area (TPSA) is 12.4 Å². The van der Waals surface area contributed by atoms with Crippen LogP contribution in [0.2, 0.25) is 0 Å². The first kappa shape index (κ1) is 17.9. The molecule has 0 spiro atoms. The summed E-state index contributed by atoms with van der Waals surface area (Å²) in [6.07, 6.45) is 12.0. The van der Waals surface area contributed by atoms with Crippen molar-refractivity contribution in [1.29, 1.82) is 0 Å². The van der Waals surface area contributed by atoms with E-state index in [0.717, 1.165) is 17.5 Å². The Hall–Kier alpha value is -1.44. The fourth-order valence-electron chi connectivity index (χ4n) is 3.91. The first-order valence-electron chi connectivity index (χ1n) is 9.10. The molecule has 0 atom stereocenters. The Morgan fingerprint density at radius 3 is 2.30 bits per heavy atom. The van der Waals surface area contributed by atoms with Gasteiger partial charge in [0.25, 0.3) is 0 Å². The molecule has 2 heteroatoms. The van der Waals surface area contributed by atoms with E-state index in [-0.39, 0.29) is 5.82 Å². The largest absolute Gasteiger partial charge is 0.257 e. The van der Waals surface area contributed by atoms with Crippen molar-refractivity contribution in [3.8, 4) is 0 Å². The van der Waals surface area contributed by atoms with Crippen molar-refractivity contribution >= 4 is 11.9 Å². The van der Waals surface area contributed by atoms with E-state index in [0.29, 0.717) is 5.92 Å². The van der Waals surface area contributed by atoms with Crippen LogP contribution in [0, 0.1) is 23.6 Å². The maximum absolute atomic E-state index is 12.9. The van der Waals surface area contributed by atoms with E-state index in [9.17, 15) is 4.39 Å². The van der Waals surface area contributed by atoms with Crippen LogP contribution in [0.4, 0.5) is 10.1 Å². The van der Waals surface area contributed by atoms with Crippen molar-refractivity contribution < 1.29 is 4.39 Å². The lowest BCUT2D eigenvalue weighted by Gasteiger charge is -2.33. The van der Waals surface area contributed by atoms with Gasteiger partial charge in [-0.3, -0.25) is 4.99 Å². The summed E-state index contributed by atoms with van der Waals surface area (Å²) in [6, 6.07) is 6.30. The smallest absolute Gasteiger partial charge is 0.123 e. The third-order valence-corrected chi connectivity index (χ3v) is 5.52. The summed E-state index contributed by atoms with van der Waals surface area (Å²) in [5.74, 6) is 2.34. The van der Waals surface area contributed by atoms with Crippen LogP contribution < -0.4 is 0 Å². The fourth-order valence-corrected chi connectivity index (χ4v) is 3.91. The van der Waals surface area contributed by atoms with E-state index < -0.39 is 0 Å². The predicted octanol–water partition coefficient (Wildman–Crippen LogP) is 6.72. The number of hydrogen-bond acceptors (Lipinski definition) is 1. The van der Waals surface area contributed by atoms with Crippen LogP contribution in [0.3, 0.4) is 0 Å². The molecule has 0 radical (unpaired) electrons. The number of benzene rings is 1. The molecule has 1 aromatic carbocycles. The highest BCUT2D eigenvalue weighted by atomic mass is 19.1. The minimum Gasteiger partial charge on any atom is -0.257 e. The summed E-state index contributed by atoms with van der Waals surface area (Å²) in [6.45, 7) is 6.88. The Morgan fingerprint density at radius 1 is 1.13 bits per heavy atom. The Bertz CT molecular complexity index is 517. The summed E-state index contributed by atoms with van der Waals surface area (Å²) in [5, 5.41) is 0. The zero-order valence-electron chi connectivity index (χ0n) is 14.8. The van der Waals surface area contributed by atoms with E-state index in [4.69, 9.17) is 0 Å². The summed E-state index contributed by atoms with van der Waals surface area (Å²) in [7, 11) is 0. The van der Waals surface area contributed by atoms with Crippen molar-refractivity contribution in [1.82, 2.24) is 0 Å². The molecule has 1 nitrogen and oxygen atoms in total. The standard InChI is InChI=1S/C21H30FN/c1-4-17(5-2)19-8-6-18(7-9-19)16(3)14-15-23-21-12-10-20(22)11-13-21/h10-15,17-19H,4-9H2,1-3H3/b16-14+,23-15?. The molecule has 0 aliphatic heterocycles. The van der Waals surface area contributed by atoms with Crippen molar-refractivity contribution in [2.45, 2.75) is 59.3 Å². The summed E-state index contributed by atoms with van der Waals surface area (Å²) in [4.78, 5) is 4.38. The third-order valence-electron chi connectivity index (χ3n) is 5.52. The second kappa shape index (κ2) is 9.00. The van der Waals surface area contributed by atoms with Crippen molar-refractivity contribution in [2.24, 2.45) is 22.7 Å². The molecule has 2 rings (SSSR count). The first-order chi connectivity index (χ1) is 11.1. The van der Waals surface area contributed by atoms with Gasteiger partial charge in [0.2, 0.25) is 0 Å². The molecule has 0 N–H and O–H groups in total. The summed E-state index contributed by atoms with van der Waals surface area (Å²) in [5.41, 5.74) is 2.23. The van der Waals surface area contributed by atoms with Crippen LogP contribution in [0.5, 0.6) is 0 Å². The van der Waals surface area contributed by atoms with E-state index in [1.165, 1.54) is 56.2 Å². The van der Waals surface area contributed by atoms with Gasteiger partial charge < -0.3 is 0 Å². The SMILES string of the molecule is CCC(CC)C1CCC(/C(C)=C/C=Nc2ccc(F)cc2)CC1. The van der Waals surface area contributed by atoms with Crippen molar-refractivity contribution in [2.75, 3.05) is 0 Å². The number of rotatable bonds is 6. The molecule has 1 aromatic rings. The van der Waals surface area contributed by atoms with Gasteiger partial charge >= 0.3 is 0 Å². The van der Waals surface area contributed by atoms with Crippen LogP contribution in [-0.4, -0.2) is 6.21 Å². The minimum absolute atomic E-state index is 0.218. The van der Waals surface area contributed by atoms with Gasteiger partial charge in [0.05, 0.1) is 5.69 Å². The highest BCUT2D eigenvalue weighted by molar-refractivity contribution is 5.75. The van der Waals surface area contributed by atoms with Crippen LogP contribution in [-0.2, 0) is 0 Å². The Morgan fingerprint density at radius 2 is 1.74 bits per heavy atom. The molecule has 0 bridgehead atoms. The van der Waals surface area contributed by atoms with Gasteiger partial charge in [-0.15, -0.1) is 0 Å². The van der Waals surface area contributed by atoms with Gasteiger partial charge in [0, 0.05) is 6.21 Å². The third kappa shape index (κ3) is 5.30. The molecule has 1 aliphatic carbocycles. The molecule has 23 heavy (non-hydrogen) atoms. The zero-order valence-corrected chi connectivity index (χ0v) is 14.8. The monoisotopic (exact) mass is 315 g/mol. The molecule has 126 valence electrons. The van der Waals surface area contributed by atoms with Gasteiger partial charge in [-0.25, -0.2) is 4.39 Å². The molecule has 0 saturated heterocycles. The van der Waals surface area contributed by atoms with Gasteiger partial charge in [0.1, 0.15) is 5.82 Å². The number of hydrogen-bond donors (Lipinski definition) is 0. The van der Waals surface area contributed by atoms with E-state index in [2.05, 4.69) is 31.8 Å². The Balaban J connectivity index is 1.86. The molecule has 0 unspecified atom stereocenters. The predicted molar refractivity (Wildman–Crippen MR) is 97.8 cm³/mol. The second-order valence-corrected chi connectivity index (χ2v) is 6.85. The van der Waals surface area contributed by atoms with Gasteiger partial charge in [-0.05, 0) is 80.7 Å². The van der Waals surface area contributed by atoms with Gasteiger partial charge in [-0.1, -0.05) is 32.3 Å². The number of nitrogens with zero attached hydrogens (tertiary/aromatic N) is 1. The van der Waals surface area contributed by atoms with Crippen LogP contribution in [0.15, 0.2) is 40.9 Å². The maximum Gasteiger partial charge on any atom is 0.123 e. The van der Waals surface area contributed by atoms with E-state index >= 15 is 0 Å². The second-order valence-electron chi connectivity index (χ2n) is 6.85. The molecule has 0 aromatic heterocycles. The lowest BCUT2D eigenvalue weighted by Crippen LogP contribution is -2.21. The van der Waals surface area contributed by atoms with Gasteiger partial charge in [0.15, 0.2) is 0 Å². The van der Waals surface area contributed by atoms with Crippen molar-refractivity contribution in [3.05, 3.63) is 41.7 Å². The number of aliphatic imine (C=N–C) groups is 1. The highest BCUT2D eigenvalue weighted by Gasteiger charge is 2.26. The van der Waals surface area contributed by atoms with E-state index in [1.807, 2.05) is 6.21 Å². The molecule has 0 amide bonds. The Labute approximate surface area is 140 Å². The lowest BCUT2D eigenvalue weighted by molar-refractivity contribution is 0.209. The van der Waals surface area contributed by atoms with Crippen molar-refractivity contribution in [3.63, 3.8) is 0 Å². The molecule has 1 fully saturated rings. The van der Waals surface area contributed by atoms with Crippen LogP contribution in [0.25, 0.3) is 0 Å². The minimum atomic E-state index is -0.218. The molecular formula is C21H30FN. The average molecular weight is 315 g/mol. The quantitative estimate of drug-likeness (QED) is 0.517. The van der Waals surface area contributed by atoms with E-state index in [1.54, 1.807) is 12.1 Å². The zero-order chi connectivity index (χ0) is 16.7. The number of halogens is 1. The Kier molecular flexibility index (Phi) is 7.01. The fraction of sp³-hybridized carbons (Fsp3) is 0.571. The maximum atomic E-state index is 12.9. The molecule has 1 saturated carbocycles. The summed E-state index contributed by atoms with van der Waals surface area (Å²) >= 11 is 0. The van der Waals surface area contributed by atoms with Gasteiger partial charge in [-0.2, -0.15) is 0 Å². The first-order valence-corrected chi connectivity index (χ1v) is 9.10. The molecule has 0 heterocycles. The molecule has 1 aliphatic rings. The van der Waals surface area contributed by atoms with Crippen LogP contribution >= 0.6 is 0 Å². The summed E-state index contributed by atoms with van der Waals surface area (Å²) < 4.78 is 12.9.